The number of rotatable bonds is 3. The number of benzene rings is 2. The van der Waals surface area contributed by atoms with Crippen molar-refractivity contribution in [3.05, 3.63) is 70.3 Å². The van der Waals surface area contributed by atoms with Crippen LogP contribution in [0.4, 0.5) is 0 Å². The molecule has 0 spiro atoms. The number of piperidine rings is 1. The van der Waals surface area contributed by atoms with Gasteiger partial charge in [0.2, 0.25) is 0 Å². The zero-order valence-corrected chi connectivity index (χ0v) is 16.0. The smallest absolute Gasteiger partial charge is 0.171 e. The van der Waals surface area contributed by atoms with E-state index in [-0.39, 0.29) is 12.4 Å². The van der Waals surface area contributed by atoms with Gasteiger partial charge in [-0.3, -0.25) is 9.69 Å². The van der Waals surface area contributed by atoms with Gasteiger partial charge in [-0.15, -0.1) is 0 Å². The lowest BCUT2D eigenvalue weighted by atomic mass is 9.97. The van der Waals surface area contributed by atoms with Crippen LogP contribution in [0.1, 0.15) is 40.7 Å². The molecule has 2 aromatic rings. The van der Waals surface area contributed by atoms with Crippen molar-refractivity contribution >= 4 is 17.1 Å². The third-order valence-electron chi connectivity index (χ3n) is 6.20. The molecule has 5 rings (SSSR count). The molecule has 1 saturated heterocycles. The molecule has 0 radical (unpaired) electrons. The number of allylic oxidation sites excluding steroid dienone is 1. The summed E-state index contributed by atoms with van der Waals surface area (Å²) >= 11 is 0. The highest BCUT2D eigenvalue weighted by Gasteiger charge is 2.32. The number of aliphatic hydroxyl groups is 1. The first-order valence-electron chi connectivity index (χ1n) is 10.2. The monoisotopic (exact) mass is 375 g/mol. The average molecular weight is 375 g/mol. The molecule has 3 aliphatic rings. The van der Waals surface area contributed by atoms with Crippen molar-refractivity contribution in [2.75, 3.05) is 19.7 Å². The Kier molecular flexibility index (Phi) is 4.53. The molecular formula is C24H25NO3. The predicted molar refractivity (Wildman–Crippen MR) is 108 cm³/mol. The number of ketones is 1. The van der Waals surface area contributed by atoms with Crippen LogP contribution in [0.15, 0.2) is 42.5 Å². The van der Waals surface area contributed by atoms with Crippen molar-refractivity contribution < 1.29 is 14.6 Å². The van der Waals surface area contributed by atoms with Gasteiger partial charge in [0.25, 0.3) is 0 Å². The Morgan fingerprint density at radius 3 is 2.89 bits per heavy atom. The van der Waals surface area contributed by atoms with E-state index in [4.69, 9.17) is 4.74 Å². The molecule has 1 atom stereocenters. The van der Waals surface area contributed by atoms with E-state index in [2.05, 4.69) is 23.1 Å². The van der Waals surface area contributed by atoms with Crippen molar-refractivity contribution in [3.63, 3.8) is 0 Å². The molecular weight excluding hydrogens is 350 g/mol. The lowest BCUT2D eigenvalue weighted by molar-refractivity contribution is -0.112. The van der Waals surface area contributed by atoms with E-state index in [1.165, 1.54) is 5.56 Å². The number of likely N-dealkylation sites (tertiary alicyclic amines) is 1. The zero-order valence-electron chi connectivity index (χ0n) is 16.0. The number of nitrogens with zero attached hydrogens (tertiary/aromatic N) is 1. The Balaban J connectivity index is 1.43. The number of carbonyl (C=O) groups excluding carboxylic acids is 1. The lowest BCUT2D eigenvalue weighted by Gasteiger charge is -2.31. The van der Waals surface area contributed by atoms with Gasteiger partial charge in [0.15, 0.2) is 5.78 Å². The van der Waals surface area contributed by atoms with Crippen LogP contribution in [0.25, 0.3) is 11.3 Å². The van der Waals surface area contributed by atoms with Gasteiger partial charge in [0.1, 0.15) is 12.4 Å². The Labute approximate surface area is 165 Å². The molecule has 0 bridgehead atoms. The second-order valence-electron chi connectivity index (χ2n) is 8.17. The number of hydrogen-bond acceptors (Lipinski definition) is 4. The maximum Gasteiger partial charge on any atom is 0.171 e. The quantitative estimate of drug-likeness (QED) is 0.836. The van der Waals surface area contributed by atoms with E-state index in [0.717, 1.165) is 66.1 Å². The highest BCUT2D eigenvalue weighted by Crippen LogP contribution is 2.41. The van der Waals surface area contributed by atoms with E-state index in [9.17, 15) is 9.90 Å². The van der Waals surface area contributed by atoms with E-state index >= 15 is 0 Å². The summed E-state index contributed by atoms with van der Waals surface area (Å²) in [6.45, 7) is 3.75. The van der Waals surface area contributed by atoms with Crippen LogP contribution in [0, 0.1) is 5.92 Å². The first-order chi connectivity index (χ1) is 13.7. The number of carbonyl (C=O) groups is 1. The molecule has 1 aliphatic carbocycles. The second-order valence-corrected chi connectivity index (χ2v) is 8.17. The van der Waals surface area contributed by atoms with E-state index in [1.807, 2.05) is 24.3 Å². The average Bonchev–Trinajstić information content (AvgIpc) is 3.27. The van der Waals surface area contributed by atoms with Gasteiger partial charge in [-0.25, -0.2) is 0 Å². The van der Waals surface area contributed by atoms with Crippen LogP contribution in [0.3, 0.4) is 0 Å². The minimum atomic E-state index is 0.150. The molecule has 1 unspecified atom stereocenters. The van der Waals surface area contributed by atoms with Gasteiger partial charge in [0, 0.05) is 37.2 Å². The lowest BCUT2D eigenvalue weighted by Crippen LogP contribution is -2.36. The summed E-state index contributed by atoms with van der Waals surface area (Å²) in [6, 6.07) is 14.5. The standard InChI is InChI=1S/C24H25NO3/c26-14-17-4-3-9-25(13-17)12-16-7-8-21-19(10-16)15-28-24(21)23-20-6-2-1-5-18(20)11-22(23)27/h1-2,5-8,10,17,26H,3-4,9,11-15H2/b24-23+. The maximum absolute atomic E-state index is 12.7. The highest BCUT2D eigenvalue weighted by molar-refractivity contribution is 6.31. The summed E-state index contributed by atoms with van der Waals surface area (Å²) < 4.78 is 6.03. The summed E-state index contributed by atoms with van der Waals surface area (Å²) in [5.74, 6) is 1.29. The predicted octanol–water partition coefficient (Wildman–Crippen LogP) is 3.41. The molecule has 4 nitrogen and oxygen atoms in total. The minimum Gasteiger partial charge on any atom is -0.487 e. The summed E-state index contributed by atoms with van der Waals surface area (Å²) in [5, 5.41) is 9.45. The Hall–Kier alpha value is -2.43. The Morgan fingerprint density at radius 2 is 2.00 bits per heavy atom. The number of aliphatic hydroxyl groups excluding tert-OH is 1. The third-order valence-corrected chi connectivity index (χ3v) is 6.20. The van der Waals surface area contributed by atoms with Crippen molar-refractivity contribution in [1.82, 2.24) is 4.90 Å². The molecule has 1 N–H and O–H groups in total. The van der Waals surface area contributed by atoms with Crippen LogP contribution < -0.4 is 0 Å². The first kappa shape index (κ1) is 17.7. The first-order valence-corrected chi connectivity index (χ1v) is 10.2. The Bertz CT molecular complexity index is 962. The molecule has 144 valence electrons. The van der Waals surface area contributed by atoms with Gasteiger partial charge in [0.05, 0.1) is 5.57 Å². The fourth-order valence-electron chi connectivity index (χ4n) is 4.80. The molecule has 0 amide bonds. The van der Waals surface area contributed by atoms with Gasteiger partial charge < -0.3 is 9.84 Å². The number of Topliss-reactive ketones (excluding diaryl/α,β-unsaturated/α-hetero) is 1. The topological polar surface area (TPSA) is 49.8 Å². The molecule has 1 fully saturated rings. The summed E-state index contributed by atoms with van der Waals surface area (Å²) in [7, 11) is 0. The third kappa shape index (κ3) is 3.07. The molecule has 2 heterocycles. The van der Waals surface area contributed by atoms with Gasteiger partial charge >= 0.3 is 0 Å². The van der Waals surface area contributed by atoms with Gasteiger partial charge in [-0.1, -0.05) is 42.5 Å². The fraction of sp³-hybridized carbons (Fsp3) is 0.375. The van der Waals surface area contributed by atoms with E-state index in [0.29, 0.717) is 18.9 Å². The van der Waals surface area contributed by atoms with Crippen LogP contribution in [-0.4, -0.2) is 35.5 Å². The van der Waals surface area contributed by atoms with Crippen LogP contribution in [-0.2, 0) is 29.1 Å². The summed E-state index contributed by atoms with van der Waals surface area (Å²) in [6.07, 6.45) is 2.74. The van der Waals surface area contributed by atoms with Crippen molar-refractivity contribution in [1.29, 1.82) is 0 Å². The molecule has 2 aliphatic heterocycles. The molecule has 2 aromatic carbocycles. The van der Waals surface area contributed by atoms with Gasteiger partial charge in [-0.2, -0.15) is 0 Å². The van der Waals surface area contributed by atoms with Crippen LogP contribution in [0.5, 0.6) is 0 Å². The zero-order chi connectivity index (χ0) is 19.1. The maximum atomic E-state index is 12.7. The van der Waals surface area contributed by atoms with Crippen molar-refractivity contribution in [2.45, 2.75) is 32.4 Å². The molecule has 4 heteroatoms. The molecule has 0 saturated carbocycles. The van der Waals surface area contributed by atoms with Crippen molar-refractivity contribution in [3.8, 4) is 0 Å². The highest BCUT2D eigenvalue weighted by atomic mass is 16.5. The van der Waals surface area contributed by atoms with Crippen LogP contribution in [0.2, 0.25) is 0 Å². The summed E-state index contributed by atoms with van der Waals surface area (Å²) in [5.41, 5.74) is 6.33. The fourth-order valence-corrected chi connectivity index (χ4v) is 4.80. The Morgan fingerprint density at radius 1 is 1.11 bits per heavy atom. The second kappa shape index (κ2) is 7.19. The van der Waals surface area contributed by atoms with Crippen LogP contribution >= 0.6 is 0 Å². The van der Waals surface area contributed by atoms with E-state index < -0.39 is 0 Å². The normalized spacial score (nSPS) is 24.2. The number of hydrogen-bond donors (Lipinski definition) is 1. The largest absolute Gasteiger partial charge is 0.487 e. The van der Waals surface area contributed by atoms with Crippen molar-refractivity contribution in [2.24, 2.45) is 5.92 Å². The minimum absolute atomic E-state index is 0.150. The van der Waals surface area contributed by atoms with E-state index in [1.54, 1.807) is 0 Å². The number of fused-ring (bicyclic) bond motifs is 2. The number of ether oxygens (including phenoxy) is 1. The molecule has 28 heavy (non-hydrogen) atoms. The SMILES string of the molecule is O=C1Cc2ccccc2/C1=C1\OCc2cc(CN3CCCC(CO)C3)ccc21. The van der Waals surface area contributed by atoms with Gasteiger partial charge in [-0.05, 0) is 42.0 Å². The summed E-state index contributed by atoms with van der Waals surface area (Å²) in [4.78, 5) is 15.1. The molecule has 0 aromatic heterocycles.